The molecule has 1 aliphatic carbocycles. The molecule has 3 atom stereocenters. The Hall–Kier alpha value is -0.120. The lowest BCUT2D eigenvalue weighted by atomic mass is 10.0. The molecular formula is C12H24N2O. The maximum Gasteiger partial charge on any atom is 0.0471 e. The van der Waals surface area contributed by atoms with Crippen molar-refractivity contribution in [1.82, 2.24) is 4.90 Å². The van der Waals surface area contributed by atoms with E-state index in [1.54, 1.807) is 0 Å². The summed E-state index contributed by atoms with van der Waals surface area (Å²) in [5.74, 6) is 0.500. The Morgan fingerprint density at radius 2 is 1.93 bits per heavy atom. The fraction of sp³-hybridized carbons (Fsp3) is 1.00. The van der Waals surface area contributed by atoms with Gasteiger partial charge in [-0.2, -0.15) is 0 Å². The zero-order valence-electron chi connectivity index (χ0n) is 9.57. The van der Waals surface area contributed by atoms with Crippen LogP contribution in [0.2, 0.25) is 0 Å². The highest BCUT2D eigenvalue weighted by atomic mass is 16.3. The standard InChI is InChI=1S/C12H24N2O/c13-11-4-2-1-3-5-12(11)14-7-6-10(8-14)9-15/h10-12,15H,1-9,13H2. The summed E-state index contributed by atoms with van der Waals surface area (Å²) in [4.78, 5) is 2.52. The third-order valence-corrected chi connectivity index (χ3v) is 4.08. The summed E-state index contributed by atoms with van der Waals surface area (Å²) in [5, 5.41) is 9.15. The first-order valence-corrected chi connectivity index (χ1v) is 6.41. The van der Waals surface area contributed by atoms with Gasteiger partial charge in [-0.05, 0) is 31.7 Å². The van der Waals surface area contributed by atoms with E-state index in [0.717, 1.165) is 19.5 Å². The van der Waals surface area contributed by atoms with E-state index in [0.29, 0.717) is 24.6 Å². The molecule has 1 aliphatic heterocycles. The smallest absolute Gasteiger partial charge is 0.0471 e. The Balaban J connectivity index is 1.90. The minimum absolute atomic E-state index is 0.346. The molecule has 3 nitrogen and oxygen atoms in total. The van der Waals surface area contributed by atoms with E-state index >= 15 is 0 Å². The minimum atomic E-state index is 0.346. The molecule has 0 spiro atoms. The first-order chi connectivity index (χ1) is 7.31. The second-order valence-corrected chi connectivity index (χ2v) is 5.20. The van der Waals surface area contributed by atoms with Crippen LogP contribution < -0.4 is 5.73 Å². The summed E-state index contributed by atoms with van der Waals surface area (Å²) in [6.07, 6.45) is 7.58. The lowest BCUT2D eigenvalue weighted by Gasteiger charge is -2.31. The fourth-order valence-electron chi connectivity index (χ4n) is 3.08. The van der Waals surface area contributed by atoms with Crippen LogP contribution in [0.5, 0.6) is 0 Å². The average molecular weight is 212 g/mol. The van der Waals surface area contributed by atoms with Gasteiger partial charge in [0.25, 0.3) is 0 Å². The molecule has 0 aromatic heterocycles. The van der Waals surface area contributed by atoms with Gasteiger partial charge in [0, 0.05) is 25.2 Å². The van der Waals surface area contributed by atoms with Crippen LogP contribution in [0.1, 0.15) is 38.5 Å². The summed E-state index contributed by atoms with van der Waals surface area (Å²) in [6.45, 7) is 2.55. The lowest BCUT2D eigenvalue weighted by Crippen LogP contribution is -2.46. The van der Waals surface area contributed by atoms with E-state index in [9.17, 15) is 0 Å². The van der Waals surface area contributed by atoms with Crippen LogP contribution in [-0.2, 0) is 0 Å². The van der Waals surface area contributed by atoms with Crippen molar-refractivity contribution in [2.75, 3.05) is 19.7 Å². The van der Waals surface area contributed by atoms with E-state index in [-0.39, 0.29) is 0 Å². The summed E-state index contributed by atoms with van der Waals surface area (Å²) in [6, 6.07) is 0.953. The van der Waals surface area contributed by atoms with Crippen LogP contribution in [0.15, 0.2) is 0 Å². The topological polar surface area (TPSA) is 49.5 Å². The number of aliphatic hydroxyl groups is 1. The lowest BCUT2D eigenvalue weighted by molar-refractivity contribution is 0.175. The van der Waals surface area contributed by atoms with E-state index in [1.165, 1.54) is 32.1 Å². The molecule has 0 bridgehead atoms. The van der Waals surface area contributed by atoms with Crippen molar-refractivity contribution in [3.8, 4) is 0 Å². The molecule has 2 aliphatic rings. The normalized spacial score (nSPS) is 39.2. The summed E-state index contributed by atoms with van der Waals surface area (Å²) < 4.78 is 0. The molecule has 3 unspecified atom stereocenters. The molecule has 0 aromatic carbocycles. The molecular weight excluding hydrogens is 188 g/mol. The molecule has 2 rings (SSSR count). The largest absolute Gasteiger partial charge is 0.396 e. The van der Waals surface area contributed by atoms with Crippen LogP contribution in [0.3, 0.4) is 0 Å². The monoisotopic (exact) mass is 212 g/mol. The van der Waals surface area contributed by atoms with Crippen molar-refractivity contribution in [2.24, 2.45) is 11.7 Å². The highest BCUT2D eigenvalue weighted by molar-refractivity contribution is 4.88. The first kappa shape index (κ1) is 11.4. The third-order valence-electron chi connectivity index (χ3n) is 4.08. The second-order valence-electron chi connectivity index (χ2n) is 5.20. The highest BCUT2D eigenvalue weighted by Gasteiger charge is 2.31. The van der Waals surface area contributed by atoms with E-state index in [1.807, 2.05) is 0 Å². The molecule has 1 saturated heterocycles. The van der Waals surface area contributed by atoms with Gasteiger partial charge >= 0.3 is 0 Å². The molecule has 88 valence electrons. The van der Waals surface area contributed by atoms with E-state index in [4.69, 9.17) is 10.8 Å². The molecule has 0 amide bonds. The van der Waals surface area contributed by atoms with Crippen LogP contribution in [0.25, 0.3) is 0 Å². The molecule has 0 aromatic rings. The van der Waals surface area contributed by atoms with Crippen molar-refractivity contribution in [2.45, 2.75) is 50.6 Å². The SMILES string of the molecule is NC1CCCCCC1N1CCC(CO)C1. The summed E-state index contributed by atoms with van der Waals surface area (Å²) >= 11 is 0. The van der Waals surface area contributed by atoms with Gasteiger partial charge in [0.05, 0.1) is 0 Å². The molecule has 2 fully saturated rings. The van der Waals surface area contributed by atoms with Crippen LogP contribution in [0.4, 0.5) is 0 Å². The van der Waals surface area contributed by atoms with E-state index in [2.05, 4.69) is 4.90 Å². The third kappa shape index (κ3) is 2.71. The maximum atomic E-state index is 9.15. The number of rotatable bonds is 2. The van der Waals surface area contributed by atoms with Gasteiger partial charge < -0.3 is 10.8 Å². The summed E-state index contributed by atoms with van der Waals surface area (Å²) in [7, 11) is 0. The second kappa shape index (κ2) is 5.28. The van der Waals surface area contributed by atoms with Gasteiger partial charge in [0.1, 0.15) is 0 Å². The van der Waals surface area contributed by atoms with Crippen LogP contribution >= 0.6 is 0 Å². The number of hydrogen-bond acceptors (Lipinski definition) is 3. The van der Waals surface area contributed by atoms with Crippen molar-refractivity contribution >= 4 is 0 Å². The van der Waals surface area contributed by atoms with Gasteiger partial charge in [-0.15, -0.1) is 0 Å². The number of aliphatic hydroxyl groups excluding tert-OH is 1. The van der Waals surface area contributed by atoms with Crippen molar-refractivity contribution in [1.29, 1.82) is 0 Å². The quantitative estimate of drug-likeness (QED) is 0.670. The predicted molar refractivity (Wildman–Crippen MR) is 61.6 cm³/mol. The van der Waals surface area contributed by atoms with E-state index < -0.39 is 0 Å². The molecule has 0 radical (unpaired) electrons. The van der Waals surface area contributed by atoms with Crippen LogP contribution in [0, 0.1) is 5.92 Å². The number of hydrogen-bond donors (Lipinski definition) is 2. The molecule has 1 heterocycles. The molecule has 15 heavy (non-hydrogen) atoms. The minimum Gasteiger partial charge on any atom is -0.396 e. The van der Waals surface area contributed by atoms with Gasteiger partial charge in [-0.3, -0.25) is 4.90 Å². The first-order valence-electron chi connectivity index (χ1n) is 6.41. The number of nitrogens with zero attached hydrogens (tertiary/aromatic N) is 1. The number of nitrogens with two attached hydrogens (primary N) is 1. The Kier molecular flexibility index (Phi) is 4.00. The zero-order chi connectivity index (χ0) is 10.7. The van der Waals surface area contributed by atoms with Crippen molar-refractivity contribution in [3.05, 3.63) is 0 Å². The Labute approximate surface area is 92.6 Å². The highest BCUT2D eigenvalue weighted by Crippen LogP contribution is 2.26. The van der Waals surface area contributed by atoms with Gasteiger partial charge in [0.15, 0.2) is 0 Å². The summed E-state index contributed by atoms with van der Waals surface area (Å²) in [5.41, 5.74) is 6.24. The number of likely N-dealkylation sites (tertiary alicyclic amines) is 1. The van der Waals surface area contributed by atoms with Crippen molar-refractivity contribution < 1.29 is 5.11 Å². The van der Waals surface area contributed by atoms with Gasteiger partial charge in [0.2, 0.25) is 0 Å². The van der Waals surface area contributed by atoms with Crippen LogP contribution in [-0.4, -0.2) is 41.8 Å². The zero-order valence-corrected chi connectivity index (χ0v) is 9.57. The van der Waals surface area contributed by atoms with Gasteiger partial charge in [-0.1, -0.05) is 19.3 Å². The molecule has 3 N–H and O–H groups in total. The molecule has 3 heteroatoms. The predicted octanol–water partition coefficient (Wildman–Crippen LogP) is 0.961. The average Bonchev–Trinajstić information content (AvgIpc) is 2.62. The Morgan fingerprint density at radius 3 is 2.67 bits per heavy atom. The Bertz CT molecular complexity index is 198. The Morgan fingerprint density at radius 1 is 1.13 bits per heavy atom. The van der Waals surface area contributed by atoms with Gasteiger partial charge in [-0.25, -0.2) is 0 Å². The molecule has 1 saturated carbocycles. The van der Waals surface area contributed by atoms with Crippen molar-refractivity contribution in [3.63, 3.8) is 0 Å². The fourth-order valence-corrected chi connectivity index (χ4v) is 3.08. The maximum absolute atomic E-state index is 9.15.